The maximum absolute atomic E-state index is 15.5. The molecule has 3 fully saturated rings. The van der Waals surface area contributed by atoms with Gasteiger partial charge in [-0.05, 0) is 75.2 Å². The number of rotatable bonds is 4. The molecule has 3 aliphatic heterocycles. The summed E-state index contributed by atoms with van der Waals surface area (Å²) in [6.45, 7) is 6.32. The van der Waals surface area contributed by atoms with Crippen molar-refractivity contribution in [3.8, 4) is 11.1 Å². The summed E-state index contributed by atoms with van der Waals surface area (Å²) in [7, 11) is 0. The second kappa shape index (κ2) is 10.3. The quantitative estimate of drug-likeness (QED) is 0.236. The Morgan fingerprint density at radius 3 is 2.56 bits per heavy atom. The van der Waals surface area contributed by atoms with Crippen LogP contribution in [0.5, 0.6) is 0 Å². The average molecular weight is 596 g/mol. The normalized spacial score (nSPS) is 18.0. The third kappa shape index (κ3) is 5.16. The Labute approximate surface area is 252 Å². The average Bonchev–Trinajstić information content (AvgIpc) is 3.44. The van der Waals surface area contributed by atoms with Crippen LogP contribution in [0.1, 0.15) is 37.6 Å². The fraction of sp³-hybridized carbons (Fsp3) is 0.273. The topological polar surface area (TPSA) is 87.7 Å². The van der Waals surface area contributed by atoms with Gasteiger partial charge in [0.15, 0.2) is 0 Å². The van der Waals surface area contributed by atoms with Crippen LogP contribution in [0.3, 0.4) is 0 Å². The lowest BCUT2D eigenvalue weighted by molar-refractivity contribution is -0.0558. The third-order valence-electron chi connectivity index (χ3n) is 7.96. The molecule has 10 heteroatoms. The molecule has 2 atom stereocenters. The van der Waals surface area contributed by atoms with E-state index < -0.39 is 11.4 Å². The lowest BCUT2D eigenvalue weighted by Gasteiger charge is -2.56. The molecule has 1 N–H and O–H groups in total. The number of anilines is 2. The Hall–Kier alpha value is -4.57. The number of ether oxygens (including phenoxy) is 1. The van der Waals surface area contributed by atoms with E-state index in [-0.39, 0.29) is 24.1 Å². The van der Waals surface area contributed by atoms with Gasteiger partial charge in [0, 0.05) is 47.2 Å². The molecule has 218 valence electrons. The zero-order valence-corrected chi connectivity index (χ0v) is 24.8. The van der Waals surface area contributed by atoms with Crippen LogP contribution in [-0.4, -0.2) is 62.5 Å². The van der Waals surface area contributed by atoms with Crippen molar-refractivity contribution in [2.24, 2.45) is 0 Å². The highest BCUT2D eigenvalue weighted by molar-refractivity contribution is 7.16. The molecule has 0 spiro atoms. The summed E-state index contributed by atoms with van der Waals surface area (Å²) >= 11 is 1.60. The number of nitrogens with zero attached hydrogens (tertiary/aromatic N) is 4. The number of hydrogen-bond donors (Lipinski definition) is 1. The van der Waals surface area contributed by atoms with Crippen LogP contribution in [0.15, 0.2) is 72.4 Å². The smallest absolute Gasteiger partial charge is 0.410 e. The number of fused-ring (bicyclic) bond motifs is 4. The molecule has 8 rings (SSSR count). The summed E-state index contributed by atoms with van der Waals surface area (Å²) in [5, 5.41) is 4.36. The number of aromatic nitrogens is 2. The first-order chi connectivity index (χ1) is 20.6. The van der Waals surface area contributed by atoms with E-state index in [0.29, 0.717) is 29.8 Å². The highest BCUT2D eigenvalue weighted by Gasteiger charge is 2.49. The molecule has 3 aliphatic rings. The zero-order chi connectivity index (χ0) is 29.9. The van der Waals surface area contributed by atoms with Crippen LogP contribution in [-0.2, 0) is 4.74 Å². The zero-order valence-electron chi connectivity index (χ0n) is 24.0. The van der Waals surface area contributed by atoms with E-state index in [1.807, 2.05) is 68.7 Å². The molecule has 3 aromatic carbocycles. The van der Waals surface area contributed by atoms with Gasteiger partial charge >= 0.3 is 6.09 Å². The number of piperazine rings is 1. The molecule has 3 saturated heterocycles. The lowest BCUT2D eigenvalue weighted by Crippen LogP contribution is -2.71. The molecule has 2 amide bonds. The van der Waals surface area contributed by atoms with Crippen molar-refractivity contribution in [2.75, 3.05) is 18.4 Å². The minimum atomic E-state index is -0.578. The van der Waals surface area contributed by atoms with Crippen molar-refractivity contribution >= 4 is 55.8 Å². The van der Waals surface area contributed by atoms with Crippen LogP contribution < -0.4 is 5.32 Å². The Bertz CT molecular complexity index is 1890. The number of thiazole rings is 1. The van der Waals surface area contributed by atoms with E-state index in [0.717, 1.165) is 38.9 Å². The van der Waals surface area contributed by atoms with Crippen molar-refractivity contribution < 1.29 is 18.7 Å². The van der Waals surface area contributed by atoms with E-state index >= 15 is 4.39 Å². The largest absolute Gasteiger partial charge is 0.444 e. The standard InChI is InChI=1S/C33H30FN5O3S/c1-33(2,3)42-32(41)38-16-22-15-23(17-38)39(22)31(40)20-5-7-24(26(34)12-20)19-4-8-25-27(10-11-35-28(25)13-19)37-21-6-9-30-29(14-21)36-18-43-30/h4-14,18,22-23H,15-17H2,1-3H3,(H,35,37)/t22-,23+. The number of nitrogens with one attached hydrogen (secondary N) is 1. The summed E-state index contributed by atoms with van der Waals surface area (Å²) < 4.78 is 22.1. The van der Waals surface area contributed by atoms with Gasteiger partial charge in [0.25, 0.3) is 5.91 Å². The van der Waals surface area contributed by atoms with Gasteiger partial charge in [-0.2, -0.15) is 0 Å². The second-order valence-corrected chi connectivity index (χ2v) is 13.0. The molecular weight excluding hydrogens is 565 g/mol. The Balaban J connectivity index is 1.08. The molecule has 2 bridgehead atoms. The van der Waals surface area contributed by atoms with Gasteiger partial charge in [-0.15, -0.1) is 11.3 Å². The van der Waals surface area contributed by atoms with Crippen LogP contribution in [0.25, 0.3) is 32.2 Å². The van der Waals surface area contributed by atoms with Crippen LogP contribution in [0.4, 0.5) is 20.6 Å². The predicted octanol–water partition coefficient (Wildman–Crippen LogP) is 7.23. The Morgan fingerprint density at radius 1 is 0.977 bits per heavy atom. The monoisotopic (exact) mass is 595 g/mol. The Morgan fingerprint density at radius 2 is 1.79 bits per heavy atom. The molecule has 8 nitrogen and oxygen atoms in total. The highest BCUT2D eigenvalue weighted by atomic mass is 32.1. The number of halogens is 1. The SMILES string of the molecule is CC(C)(C)OC(=O)N1C[C@H]2C[C@@H](C1)N2C(=O)c1ccc(-c2ccc3c(Nc4ccc5scnc5c4)ccnc3c2)c(F)c1. The van der Waals surface area contributed by atoms with Gasteiger partial charge in [0.1, 0.15) is 11.4 Å². The van der Waals surface area contributed by atoms with Crippen molar-refractivity contribution in [3.63, 3.8) is 0 Å². The molecule has 5 heterocycles. The molecule has 0 radical (unpaired) electrons. The van der Waals surface area contributed by atoms with Gasteiger partial charge in [0.05, 0.1) is 33.3 Å². The second-order valence-electron chi connectivity index (χ2n) is 12.1. The summed E-state index contributed by atoms with van der Waals surface area (Å²) in [5.41, 5.74) is 6.08. The summed E-state index contributed by atoms with van der Waals surface area (Å²) in [6, 6.07) is 18.1. The molecule has 2 aromatic heterocycles. The van der Waals surface area contributed by atoms with E-state index in [1.54, 1.807) is 39.5 Å². The van der Waals surface area contributed by atoms with Gasteiger partial charge in [-0.25, -0.2) is 14.2 Å². The molecule has 43 heavy (non-hydrogen) atoms. The van der Waals surface area contributed by atoms with Crippen molar-refractivity contribution in [3.05, 3.63) is 83.8 Å². The number of carbonyl (C=O) groups is 2. The number of benzene rings is 3. The molecule has 0 aliphatic carbocycles. The van der Waals surface area contributed by atoms with Gasteiger partial charge < -0.3 is 19.9 Å². The fourth-order valence-corrected chi connectivity index (χ4v) is 6.62. The van der Waals surface area contributed by atoms with Gasteiger partial charge in [-0.1, -0.05) is 18.2 Å². The van der Waals surface area contributed by atoms with Crippen molar-refractivity contribution in [1.82, 2.24) is 19.8 Å². The molecule has 0 unspecified atom stereocenters. The lowest BCUT2D eigenvalue weighted by atomic mass is 9.86. The third-order valence-corrected chi connectivity index (χ3v) is 8.77. The Kier molecular flexibility index (Phi) is 6.54. The number of carbonyl (C=O) groups excluding carboxylic acids is 2. The maximum Gasteiger partial charge on any atom is 0.410 e. The maximum atomic E-state index is 15.5. The van der Waals surface area contributed by atoms with Crippen LogP contribution >= 0.6 is 11.3 Å². The van der Waals surface area contributed by atoms with Gasteiger partial charge in [0.2, 0.25) is 0 Å². The van der Waals surface area contributed by atoms with Crippen LogP contribution in [0.2, 0.25) is 0 Å². The van der Waals surface area contributed by atoms with Gasteiger partial charge in [-0.3, -0.25) is 9.78 Å². The van der Waals surface area contributed by atoms with E-state index in [1.165, 1.54) is 6.07 Å². The number of hydrogen-bond acceptors (Lipinski definition) is 7. The predicted molar refractivity (Wildman–Crippen MR) is 166 cm³/mol. The molecule has 5 aromatic rings. The number of pyridine rings is 1. The first-order valence-electron chi connectivity index (χ1n) is 14.2. The number of amides is 2. The van der Waals surface area contributed by atoms with Crippen molar-refractivity contribution in [1.29, 1.82) is 0 Å². The highest BCUT2D eigenvalue weighted by Crippen LogP contribution is 2.36. The molecular formula is C33H30FN5O3S. The first kappa shape index (κ1) is 27.3. The minimum Gasteiger partial charge on any atom is -0.444 e. The van der Waals surface area contributed by atoms with Crippen LogP contribution in [0, 0.1) is 5.82 Å². The van der Waals surface area contributed by atoms with E-state index in [4.69, 9.17) is 4.74 Å². The number of piperidine rings is 1. The minimum absolute atomic E-state index is 0.0979. The van der Waals surface area contributed by atoms with E-state index in [2.05, 4.69) is 15.3 Å². The summed E-state index contributed by atoms with van der Waals surface area (Å²) in [5.74, 6) is -0.695. The van der Waals surface area contributed by atoms with Crippen molar-refractivity contribution in [2.45, 2.75) is 44.9 Å². The summed E-state index contributed by atoms with van der Waals surface area (Å²) in [4.78, 5) is 38.2. The first-order valence-corrected chi connectivity index (χ1v) is 15.1. The fourth-order valence-electron chi connectivity index (χ4n) is 5.96. The summed E-state index contributed by atoms with van der Waals surface area (Å²) in [6.07, 6.45) is 2.18. The van der Waals surface area contributed by atoms with E-state index in [9.17, 15) is 9.59 Å². The molecule has 0 saturated carbocycles.